The highest BCUT2D eigenvalue weighted by molar-refractivity contribution is 6.38. The zero-order valence-electron chi connectivity index (χ0n) is 10.0. The van der Waals surface area contributed by atoms with Crippen LogP contribution in [-0.4, -0.2) is 20.9 Å². The van der Waals surface area contributed by atoms with Crippen molar-refractivity contribution in [2.75, 3.05) is 5.32 Å². The molecule has 0 atom stereocenters. The van der Waals surface area contributed by atoms with Crippen LogP contribution in [0.25, 0.3) is 10.9 Å². The summed E-state index contributed by atoms with van der Waals surface area (Å²) >= 11 is 11.8. The molecule has 0 saturated carbocycles. The number of benzene rings is 1. The molecule has 2 heterocycles. The number of anilines is 1. The zero-order chi connectivity index (χ0) is 14.1. The highest BCUT2D eigenvalue weighted by Gasteiger charge is 2.13. The smallest absolute Gasteiger partial charge is 0.255 e. The molecular weight excluding hydrogens is 299 g/mol. The molecule has 0 saturated heterocycles. The van der Waals surface area contributed by atoms with Crippen LogP contribution in [0.4, 0.5) is 5.69 Å². The highest BCUT2D eigenvalue weighted by Crippen LogP contribution is 2.26. The maximum Gasteiger partial charge on any atom is 0.255 e. The van der Waals surface area contributed by atoms with Crippen LogP contribution in [-0.2, 0) is 0 Å². The fraction of sp³-hybridized carbons (Fsp3) is 0. The molecule has 0 spiro atoms. The fourth-order valence-electron chi connectivity index (χ4n) is 1.82. The van der Waals surface area contributed by atoms with Gasteiger partial charge in [-0.2, -0.15) is 0 Å². The van der Waals surface area contributed by atoms with Crippen LogP contribution >= 0.6 is 23.2 Å². The molecule has 2 aromatic heterocycles. The highest BCUT2D eigenvalue weighted by atomic mass is 35.5. The maximum atomic E-state index is 12.2. The lowest BCUT2D eigenvalue weighted by Gasteiger charge is -2.07. The lowest BCUT2D eigenvalue weighted by atomic mass is 10.1. The van der Waals surface area contributed by atoms with E-state index >= 15 is 0 Å². The summed E-state index contributed by atoms with van der Waals surface area (Å²) in [6, 6.07) is 7.24. The lowest BCUT2D eigenvalue weighted by molar-refractivity contribution is 0.102. The Morgan fingerprint density at radius 2 is 1.90 bits per heavy atom. The second-order valence-electron chi connectivity index (χ2n) is 4.06. The SMILES string of the molecule is O=C(Nc1c(Cl)ncnc1Cl)c1ccc2cc[nH]c2c1. The van der Waals surface area contributed by atoms with E-state index in [1.54, 1.807) is 12.1 Å². The molecule has 1 amide bonds. The van der Waals surface area contributed by atoms with Crippen molar-refractivity contribution >= 4 is 45.7 Å². The van der Waals surface area contributed by atoms with Gasteiger partial charge in [-0.25, -0.2) is 9.97 Å². The molecule has 0 aliphatic rings. The van der Waals surface area contributed by atoms with Crippen LogP contribution in [0.15, 0.2) is 36.8 Å². The topological polar surface area (TPSA) is 70.7 Å². The normalized spacial score (nSPS) is 10.7. The first-order valence-corrected chi connectivity index (χ1v) is 6.45. The number of nitrogens with one attached hydrogen (secondary N) is 2. The molecule has 7 heteroatoms. The first-order valence-electron chi connectivity index (χ1n) is 5.69. The van der Waals surface area contributed by atoms with Crippen molar-refractivity contribution < 1.29 is 4.79 Å². The van der Waals surface area contributed by atoms with Gasteiger partial charge in [-0.1, -0.05) is 29.3 Å². The molecule has 5 nitrogen and oxygen atoms in total. The third kappa shape index (κ3) is 2.33. The molecule has 0 fully saturated rings. The van der Waals surface area contributed by atoms with Crippen molar-refractivity contribution in [3.8, 4) is 0 Å². The Kier molecular flexibility index (Phi) is 3.30. The van der Waals surface area contributed by atoms with Crippen molar-refractivity contribution in [1.82, 2.24) is 15.0 Å². The minimum atomic E-state index is -0.333. The first-order chi connectivity index (χ1) is 9.65. The van der Waals surface area contributed by atoms with E-state index in [1.807, 2.05) is 18.3 Å². The Hall–Kier alpha value is -2.11. The van der Waals surface area contributed by atoms with Gasteiger partial charge < -0.3 is 10.3 Å². The van der Waals surface area contributed by atoms with E-state index in [9.17, 15) is 4.79 Å². The van der Waals surface area contributed by atoms with Crippen molar-refractivity contribution in [2.45, 2.75) is 0 Å². The molecule has 3 rings (SSSR count). The summed E-state index contributed by atoms with van der Waals surface area (Å²) in [7, 11) is 0. The quantitative estimate of drug-likeness (QED) is 0.712. The Labute approximate surface area is 124 Å². The Balaban J connectivity index is 1.92. The molecule has 0 radical (unpaired) electrons. The molecule has 20 heavy (non-hydrogen) atoms. The molecule has 3 aromatic rings. The van der Waals surface area contributed by atoms with Crippen LogP contribution in [0.3, 0.4) is 0 Å². The fourth-order valence-corrected chi connectivity index (χ4v) is 2.23. The van der Waals surface area contributed by atoms with Gasteiger partial charge in [-0.15, -0.1) is 0 Å². The average Bonchev–Trinajstić information content (AvgIpc) is 2.90. The second kappa shape index (κ2) is 5.11. The molecule has 1 aromatic carbocycles. The number of halogens is 2. The Morgan fingerprint density at radius 3 is 2.65 bits per heavy atom. The number of carbonyl (C=O) groups excluding carboxylic acids is 1. The van der Waals surface area contributed by atoms with E-state index < -0.39 is 0 Å². The van der Waals surface area contributed by atoms with Gasteiger partial charge in [0.2, 0.25) is 0 Å². The average molecular weight is 307 g/mol. The van der Waals surface area contributed by atoms with E-state index in [2.05, 4.69) is 20.3 Å². The number of fused-ring (bicyclic) bond motifs is 1. The summed E-state index contributed by atoms with van der Waals surface area (Å²) in [5.74, 6) is -0.333. The molecule has 2 N–H and O–H groups in total. The van der Waals surface area contributed by atoms with Gasteiger partial charge in [0.25, 0.3) is 5.91 Å². The molecule has 100 valence electrons. The van der Waals surface area contributed by atoms with E-state index in [-0.39, 0.29) is 21.9 Å². The molecule has 0 aliphatic carbocycles. The van der Waals surface area contributed by atoms with E-state index in [0.717, 1.165) is 10.9 Å². The van der Waals surface area contributed by atoms with E-state index in [1.165, 1.54) is 6.33 Å². The number of rotatable bonds is 2. The minimum Gasteiger partial charge on any atom is -0.361 e. The van der Waals surface area contributed by atoms with Crippen molar-refractivity contribution in [1.29, 1.82) is 0 Å². The van der Waals surface area contributed by atoms with Crippen molar-refractivity contribution in [3.05, 3.63) is 52.7 Å². The standard InChI is InChI=1S/C13H8Cl2N4O/c14-11-10(12(15)18-6-17-11)19-13(20)8-2-1-7-3-4-16-9(7)5-8/h1-6,16H,(H,19,20). The summed E-state index contributed by atoms with van der Waals surface area (Å²) in [5.41, 5.74) is 1.56. The van der Waals surface area contributed by atoms with Crippen LogP contribution in [0.1, 0.15) is 10.4 Å². The van der Waals surface area contributed by atoms with Crippen LogP contribution in [0.2, 0.25) is 10.3 Å². The molecule has 0 aliphatic heterocycles. The van der Waals surface area contributed by atoms with Gasteiger partial charge in [-0.3, -0.25) is 4.79 Å². The first kappa shape index (κ1) is 12.9. The van der Waals surface area contributed by atoms with Gasteiger partial charge >= 0.3 is 0 Å². The van der Waals surface area contributed by atoms with E-state index in [0.29, 0.717) is 5.56 Å². The summed E-state index contributed by atoms with van der Waals surface area (Å²) in [6.07, 6.45) is 3.04. The van der Waals surface area contributed by atoms with Gasteiger partial charge in [0, 0.05) is 17.3 Å². The molecule has 0 bridgehead atoms. The number of aromatic amines is 1. The number of nitrogens with zero attached hydrogens (tertiary/aromatic N) is 2. The molecule has 0 unspecified atom stereocenters. The third-order valence-electron chi connectivity index (χ3n) is 2.81. The number of H-pyrrole nitrogens is 1. The number of aromatic nitrogens is 3. The third-order valence-corrected chi connectivity index (χ3v) is 3.38. The van der Waals surface area contributed by atoms with Crippen LogP contribution in [0, 0.1) is 0 Å². The summed E-state index contributed by atoms with van der Waals surface area (Å²) in [6.45, 7) is 0. The summed E-state index contributed by atoms with van der Waals surface area (Å²) < 4.78 is 0. The minimum absolute atomic E-state index is 0.0966. The Morgan fingerprint density at radius 1 is 1.15 bits per heavy atom. The van der Waals surface area contributed by atoms with Gasteiger partial charge in [0.15, 0.2) is 10.3 Å². The number of hydrogen-bond donors (Lipinski definition) is 2. The number of amides is 1. The number of hydrogen-bond acceptors (Lipinski definition) is 3. The lowest BCUT2D eigenvalue weighted by Crippen LogP contribution is -2.13. The van der Waals surface area contributed by atoms with Gasteiger partial charge in [-0.05, 0) is 23.6 Å². The van der Waals surface area contributed by atoms with Gasteiger partial charge in [0.1, 0.15) is 12.0 Å². The second-order valence-corrected chi connectivity index (χ2v) is 4.78. The largest absolute Gasteiger partial charge is 0.361 e. The van der Waals surface area contributed by atoms with Gasteiger partial charge in [0.05, 0.1) is 0 Å². The predicted octanol–water partition coefficient (Wildman–Crippen LogP) is 3.52. The van der Waals surface area contributed by atoms with E-state index in [4.69, 9.17) is 23.2 Å². The number of carbonyl (C=O) groups is 1. The van der Waals surface area contributed by atoms with Crippen molar-refractivity contribution in [3.63, 3.8) is 0 Å². The monoisotopic (exact) mass is 306 g/mol. The Bertz CT molecular complexity index is 780. The molecular formula is C13H8Cl2N4O. The zero-order valence-corrected chi connectivity index (χ0v) is 11.5. The van der Waals surface area contributed by atoms with Crippen LogP contribution in [0.5, 0.6) is 0 Å². The predicted molar refractivity (Wildman–Crippen MR) is 78.3 cm³/mol. The summed E-state index contributed by atoms with van der Waals surface area (Å²) in [5, 5.41) is 3.83. The summed E-state index contributed by atoms with van der Waals surface area (Å²) in [4.78, 5) is 22.8. The van der Waals surface area contributed by atoms with Crippen molar-refractivity contribution in [2.24, 2.45) is 0 Å². The maximum absolute atomic E-state index is 12.2. The van der Waals surface area contributed by atoms with Crippen LogP contribution < -0.4 is 5.32 Å².